The van der Waals surface area contributed by atoms with Crippen LogP contribution in [0.15, 0.2) is 24.3 Å². The van der Waals surface area contributed by atoms with Crippen molar-refractivity contribution in [2.75, 3.05) is 5.32 Å². The maximum Gasteiger partial charge on any atom is 0.273 e. The first-order chi connectivity index (χ1) is 11.7. The molecule has 0 unspecified atom stereocenters. The fourth-order valence-corrected chi connectivity index (χ4v) is 3.88. The van der Waals surface area contributed by atoms with Gasteiger partial charge in [-0.3, -0.25) is 19.7 Å². The van der Waals surface area contributed by atoms with Crippen LogP contribution < -0.4 is 5.32 Å². The average Bonchev–Trinajstić information content (AvgIpc) is 2.88. The summed E-state index contributed by atoms with van der Waals surface area (Å²) in [5.74, 6) is -0.352. The van der Waals surface area contributed by atoms with Crippen LogP contribution in [0.2, 0.25) is 0 Å². The number of fused-ring (bicyclic) bond motifs is 1. The number of hydrogen-bond acceptors (Lipinski definition) is 6. The van der Waals surface area contributed by atoms with Gasteiger partial charge in [0, 0.05) is 18.1 Å². The van der Waals surface area contributed by atoms with E-state index in [-0.39, 0.29) is 23.3 Å². The molecule has 0 fully saturated rings. The molecule has 0 radical (unpaired) electrons. The minimum Gasteiger partial charge on any atom is -0.302 e. The number of carbonyl (C=O) groups excluding carboxylic acids is 2. The fraction of sp³-hybridized carbons (Fsp3) is 0.353. The Kier molecular flexibility index (Phi) is 4.38. The van der Waals surface area contributed by atoms with Crippen LogP contribution in [0.3, 0.4) is 0 Å². The number of nitro groups is 1. The van der Waals surface area contributed by atoms with Crippen LogP contribution in [0, 0.1) is 15.5 Å². The molecule has 1 aromatic heterocycles. The summed E-state index contributed by atoms with van der Waals surface area (Å²) in [4.78, 5) is 39.9. The molecule has 1 aromatic carbocycles. The zero-order valence-corrected chi connectivity index (χ0v) is 14.7. The van der Waals surface area contributed by atoms with Crippen molar-refractivity contribution < 1.29 is 14.5 Å². The third-order valence-corrected chi connectivity index (χ3v) is 5.08. The molecule has 25 heavy (non-hydrogen) atoms. The number of para-hydroxylation sites is 1. The molecule has 2 aromatic rings. The number of anilines is 1. The molecule has 8 heteroatoms. The van der Waals surface area contributed by atoms with Crippen molar-refractivity contribution in [3.8, 4) is 0 Å². The molecule has 1 N–H and O–H groups in total. The van der Waals surface area contributed by atoms with Crippen molar-refractivity contribution in [1.82, 2.24) is 4.98 Å². The van der Waals surface area contributed by atoms with Crippen molar-refractivity contribution in [1.29, 1.82) is 0 Å². The molecule has 1 aliphatic rings. The maximum atomic E-state index is 12.2. The van der Waals surface area contributed by atoms with E-state index in [0.717, 1.165) is 0 Å². The topological polar surface area (TPSA) is 102 Å². The molecule has 7 nitrogen and oxygen atoms in total. The molecule has 1 aliphatic carbocycles. The Hall–Kier alpha value is -2.61. The van der Waals surface area contributed by atoms with E-state index in [1.165, 1.54) is 17.4 Å². The molecular formula is C17H17N3O4S. The number of thiazole rings is 1. The van der Waals surface area contributed by atoms with Gasteiger partial charge in [-0.05, 0) is 11.8 Å². The first kappa shape index (κ1) is 17.2. The Bertz CT molecular complexity index is 873. The van der Waals surface area contributed by atoms with Gasteiger partial charge in [-0.2, -0.15) is 0 Å². The third kappa shape index (κ3) is 3.74. The van der Waals surface area contributed by atoms with Crippen LogP contribution in [0.1, 0.15) is 41.2 Å². The molecule has 3 rings (SSSR count). The molecule has 130 valence electrons. The van der Waals surface area contributed by atoms with Crippen LogP contribution >= 0.6 is 11.3 Å². The van der Waals surface area contributed by atoms with Crippen LogP contribution in [0.4, 0.5) is 10.8 Å². The predicted octanol–water partition coefficient (Wildman–Crippen LogP) is 3.39. The van der Waals surface area contributed by atoms with Gasteiger partial charge in [0.25, 0.3) is 5.69 Å². The van der Waals surface area contributed by atoms with E-state index in [1.807, 2.05) is 13.8 Å². The monoisotopic (exact) mass is 359 g/mol. The minimum atomic E-state index is -0.508. The van der Waals surface area contributed by atoms with Crippen LogP contribution in [-0.4, -0.2) is 21.6 Å². The SMILES string of the molecule is CC1(C)CC(=O)c2sc(NC(=O)Cc3ccccc3[N+](=O)[O-])nc2C1. The van der Waals surface area contributed by atoms with Crippen LogP contribution in [0.5, 0.6) is 0 Å². The van der Waals surface area contributed by atoms with Gasteiger partial charge in [-0.15, -0.1) is 0 Å². The van der Waals surface area contributed by atoms with Crippen molar-refractivity contribution in [2.45, 2.75) is 33.1 Å². The second kappa shape index (κ2) is 6.36. The van der Waals surface area contributed by atoms with E-state index < -0.39 is 10.8 Å². The number of aromatic nitrogens is 1. The van der Waals surface area contributed by atoms with Crippen LogP contribution in [-0.2, 0) is 17.6 Å². The highest BCUT2D eigenvalue weighted by molar-refractivity contribution is 7.17. The van der Waals surface area contributed by atoms with Gasteiger partial charge in [0.05, 0.1) is 21.9 Å². The molecular weight excluding hydrogens is 342 g/mol. The number of ketones is 1. The highest BCUT2D eigenvalue weighted by Gasteiger charge is 2.34. The fourth-order valence-electron chi connectivity index (χ4n) is 2.95. The second-order valence-corrected chi connectivity index (χ2v) is 7.85. The Balaban J connectivity index is 1.75. The number of benzene rings is 1. The van der Waals surface area contributed by atoms with Crippen molar-refractivity contribution >= 4 is 33.8 Å². The van der Waals surface area contributed by atoms with E-state index in [2.05, 4.69) is 10.3 Å². The summed E-state index contributed by atoms with van der Waals surface area (Å²) in [7, 11) is 0. The van der Waals surface area contributed by atoms with Crippen molar-refractivity contribution in [2.24, 2.45) is 5.41 Å². The molecule has 0 atom stereocenters. The quantitative estimate of drug-likeness (QED) is 0.666. The summed E-state index contributed by atoms with van der Waals surface area (Å²) < 4.78 is 0. The second-order valence-electron chi connectivity index (χ2n) is 6.85. The average molecular weight is 359 g/mol. The van der Waals surface area contributed by atoms with Crippen molar-refractivity contribution in [3.05, 3.63) is 50.5 Å². The number of nitro benzene ring substituents is 1. The van der Waals surface area contributed by atoms with Gasteiger partial charge in [-0.25, -0.2) is 4.98 Å². The molecule has 1 heterocycles. The molecule has 1 amide bonds. The Morgan fingerprint density at radius 3 is 2.80 bits per heavy atom. The first-order valence-electron chi connectivity index (χ1n) is 7.80. The van der Waals surface area contributed by atoms with Gasteiger partial charge in [0.1, 0.15) is 0 Å². The number of rotatable bonds is 4. The van der Waals surface area contributed by atoms with Crippen LogP contribution in [0.25, 0.3) is 0 Å². The molecule has 0 bridgehead atoms. The summed E-state index contributed by atoms with van der Waals surface area (Å²) in [5.41, 5.74) is 0.827. The summed E-state index contributed by atoms with van der Waals surface area (Å²) in [6.45, 7) is 4.03. The minimum absolute atomic E-state index is 0.0444. The smallest absolute Gasteiger partial charge is 0.273 e. The van der Waals surface area contributed by atoms with Crippen molar-refractivity contribution in [3.63, 3.8) is 0 Å². The van der Waals surface area contributed by atoms with Gasteiger partial charge >= 0.3 is 0 Å². The Labute approximate surface area is 148 Å². The summed E-state index contributed by atoms with van der Waals surface area (Å²) >= 11 is 1.17. The lowest BCUT2D eigenvalue weighted by atomic mass is 9.78. The third-order valence-electron chi connectivity index (χ3n) is 4.02. The van der Waals surface area contributed by atoms with Gasteiger partial charge in [0.2, 0.25) is 5.91 Å². The number of nitrogens with one attached hydrogen (secondary N) is 1. The number of carbonyl (C=O) groups is 2. The highest BCUT2D eigenvalue weighted by Crippen LogP contribution is 2.38. The van der Waals surface area contributed by atoms with Gasteiger partial charge < -0.3 is 5.32 Å². The maximum absolute atomic E-state index is 12.2. The summed E-state index contributed by atoms with van der Waals surface area (Å²) in [6.07, 6.45) is 1.03. The lowest BCUT2D eigenvalue weighted by Crippen LogP contribution is -2.26. The zero-order chi connectivity index (χ0) is 18.2. The van der Waals surface area contributed by atoms with E-state index in [4.69, 9.17) is 0 Å². The molecule has 0 aliphatic heterocycles. The number of hydrogen-bond donors (Lipinski definition) is 1. The van der Waals surface area contributed by atoms with Gasteiger partial charge in [-0.1, -0.05) is 43.4 Å². The largest absolute Gasteiger partial charge is 0.302 e. The summed E-state index contributed by atoms with van der Waals surface area (Å²) in [6, 6.07) is 6.13. The normalized spacial score (nSPS) is 15.5. The lowest BCUT2D eigenvalue weighted by molar-refractivity contribution is -0.385. The summed E-state index contributed by atoms with van der Waals surface area (Å²) in [5, 5.41) is 14.0. The lowest BCUT2D eigenvalue weighted by Gasteiger charge is -2.26. The number of Topliss-reactive ketones (excluding diaryl/α,β-unsaturated/α-hetero) is 1. The number of amides is 1. The Morgan fingerprint density at radius 2 is 2.08 bits per heavy atom. The standard InChI is InChI=1S/C17H17N3O4S/c1-17(2)8-11-15(13(21)9-17)25-16(18-11)19-14(22)7-10-5-3-4-6-12(10)20(23)24/h3-6H,7-9H2,1-2H3,(H,18,19,22). The molecule has 0 saturated heterocycles. The predicted molar refractivity (Wildman–Crippen MR) is 94.0 cm³/mol. The van der Waals surface area contributed by atoms with E-state index in [9.17, 15) is 19.7 Å². The van der Waals surface area contributed by atoms with E-state index in [0.29, 0.717) is 34.1 Å². The Morgan fingerprint density at radius 1 is 1.36 bits per heavy atom. The first-order valence-corrected chi connectivity index (χ1v) is 8.62. The van der Waals surface area contributed by atoms with E-state index in [1.54, 1.807) is 18.2 Å². The molecule has 0 saturated carbocycles. The highest BCUT2D eigenvalue weighted by atomic mass is 32.1. The number of nitrogens with zero attached hydrogens (tertiary/aromatic N) is 2. The zero-order valence-electron chi connectivity index (χ0n) is 13.9. The van der Waals surface area contributed by atoms with E-state index >= 15 is 0 Å². The van der Waals surface area contributed by atoms with Gasteiger partial charge in [0.15, 0.2) is 10.9 Å². The molecule has 0 spiro atoms.